The first-order valence-corrected chi connectivity index (χ1v) is 6.89. The van der Waals surface area contributed by atoms with E-state index in [4.69, 9.17) is 9.47 Å². The van der Waals surface area contributed by atoms with E-state index in [0.29, 0.717) is 22.6 Å². The lowest BCUT2D eigenvalue weighted by atomic mass is 10.0. The van der Waals surface area contributed by atoms with Gasteiger partial charge in [0.25, 0.3) is 0 Å². The number of methoxy groups -OCH3 is 2. The van der Waals surface area contributed by atoms with Gasteiger partial charge in [0, 0.05) is 5.56 Å². The van der Waals surface area contributed by atoms with E-state index in [-0.39, 0.29) is 11.1 Å². The fourth-order valence-corrected chi connectivity index (χ4v) is 2.14. The molecule has 0 heterocycles. The van der Waals surface area contributed by atoms with Gasteiger partial charge in [-0.3, -0.25) is 0 Å². The number of rotatable bonds is 5. The number of hydrogen-bond donors (Lipinski definition) is 1. The number of hydrogen-bond acceptors (Lipinski definition) is 3. The molecule has 0 aromatic heterocycles. The Balaban J connectivity index is 2.59. The maximum absolute atomic E-state index is 13.7. The van der Waals surface area contributed by atoms with Gasteiger partial charge in [-0.1, -0.05) is 12.1 Å². The highest BCUT2D eigenvalue weighted by atomic mass is 19.1. The van der Waals surface area contributed by atoms with Crippen molar-refractivity contribution in [2.24, 2.45) is 0 Å². The zero-order chi connectivity index (χ0) is 17.0. The lowest BCUT2D eigenvalue weighted by molar-refractivity contribution is -0.130. The molecule has 120 valence electrons. The molecule has 0 unspecified atom stereocenters. The monoisotopic (exact) mass is 316 g/mol. The molecule has 2 rings (SSSR count). The first kappa shape index (κ1) is 16.5. The fourth-order valence-electron chi connectivity index (χ4n) is 2.14. The van der Waals surface area contributed by atoms with Crippen molar-refractivity contribution in [1.82, 2.24) is 0 Å². The summed E-state index contributed by atoms with van der Waals surface area (Å²) in [6, 6.07) is 9.38. The van der Waals surface area contributed by atoms with Crippen LogP contribution in [0, 0.1) is 12.7 Å². The number of aliphatic carboxylic acids is 1. The summed E-state index contributed by atoms with van der Waals surface area (Å²) in [6.07, 6.45) is 1.44. The third-order valence-electron chi connectivity index (χ3n) is 3.45. The van der Waals surface area contributed by atoms with E-state index >= 15 is 0 Å². The van der Waals surface area contributed by atoms with Crippen LogP contribution >= 0.6 is 0 Å². The first-order valence-electron chi connectivity index (χ1n) is 6.89. The van der Waals surface area contributed by atoms with Gasteiger partial charge in [-0.25, -0.2) is 9.18 Å². The summed E-state index contributed by atoms with van der Waals surface area (Å²) in [4.78, 5) is 11.6. The minimum Gasteiger partial charge on any atom is -0.497 e. The number of carboxylic acid groups (broad SMARTS) is 1. The highest BCUT2D eigenvalue weighted by Gasteiger charge is 2.14. The Hall–Kier alpha value is -2.82. The van der Waals surface area contributed by atoms with Gasteiger partial charge in [0.1, 0.15) is 17.3 Å². The number of aryl methyl sites for hydroxylation is 1. The Morgan fingerprint density at radius 1 is 1.13 bits per heavy atom. The van der Waals surface area contributed by atoms with Crippen molar-refractivity contribution in [3.8, 4) is 11.5 Å². The predicted molar refractivity (Wildman–Crippen MR) is 86.2 cm³/mol. The van der Waals surface area contributed by atoms with Gasteiger partial charge in [0.15, 0.2) is 0 Å². The molecule has 5 heteroatoms. The first-order chi connectivity index (χ1) is 11.0. The minimum atomic E-state index is -1.15. The van der Waals surface area contributed by atoms with Crippen LogP contribution in [0.3, 0.4) is 0 Å². The third-order valence-corrected chi connectivity index (χ3v) is 3.45. The second kappa shape index (κ2) is 6.96. The second-order valence-electron chi connectivity index (χ2n) is 4.94. The predicted octanol–water partition coefficient (Wildman–Crippen LogP) is 3.78. The fraction of sp³-hybridized carbons (Fsp3) is 0.167. The second-order valence-corrected chi connectivity index (χ2v) is 4.94. The third kappa shape index (κ3) is 3.69. The summed E-state index contributed by atoms with van der Waals surface area (Å²) in [5.41, 5.74) is 1.24. The van der Waals surface area contributed by atoms with Crippen LogP contribution in [0.1, 0.15) is 16.7 Å². The number of carboxylic acids is 1. The lowest BCUT2D eigenvalue weighted by Crippen LogP contribution is -2.01. The smallest absolute Gasteiger partial charge is 0.336 e. The number of benzene rings is 2. The van der Waals surface area contributed by atoms with Gasteiger partial charge in [0.2, 0.25) is 0 Å². The Labute approximate surface area is 133 Å². The number of carbonyl (C=O) groups is 1. The standard InChI is InChI=1S/C18H17FO4/c1-11-4-5-12(10-16(11)19)15(18(20)21)9-13-8-14(22-2)6-7-17(13)23-3/h4-10H,1-3H3,(H,20,21)/b15-9-. The van der Waals surface area contributed by atoms with Gasteiger partial charge in [-0.2, -0.15) is 0 Å². The highest BCUT2D eigenvalue weighted by molar-refractivity contribution is 6.20. The molecule has 0 radical (unpaired) electrons. The molecule has 0 saturated carbocycles. The summed E-state index contributed by atoms with van der Waals surface area (Å²) in [5, 5.41) is 9.48. The molecule has 1 N–H and O–H groups in total. The van der Waals surface area contributed by atoms with Gasteiger partial charge in [-0.15, -0.1) is 0 Å². The molecule has 0 aliphatic carbocycles. The van der Waals surface area contributed by atoms with Crippen molar-refractivity contribution in [3.05, 3.63) is 58.9 Å². The van der Waals surface area contributed by atoms with Gasteiger partial charge >= 0.3 is 5.97 Å². The topological polar surface area (TPSA) is 55.8 Å². The highest BCUT2D eigenvalue weighted by Crippen LogP contribution is 2.29. The molecule has 0 fully saturated rings. The summed E-state index contributed by atoms with van der Waals surface area (Å²) in [5.74, 6) is -0.542. The maximum Gasteiger partial charge on any atom is 0.336 e. The largest absolute Gasteiger partial charge is 0.497 e. The van der Waals surface area contributed by atoms with Crippen molar-refractivity contribution < 1.29 is 23.8 Å². The van der Waals surface area contributed by atoms with E-state index in [1.807, 2.05) is 0 Å². The lowest BCUT2D eigenvalue weighted by Gasteiger charge is -2.09. The summed E-state index contributed by atoms with van der Waals surface area (Å²) in [6.45, 7) is 1.62. The van der Waals surface area contributed by atoms with Crippen LogP contribution in [0.25, 0.3) is 11.6 Å². The van der Waals surface area contributed by atoms with Crippen LogP contribution in [0.4, 0.5) is 4.39 Å². The Morgan fingerprint density at radius 2 is 1.87 bits per heavy atom. The molecular weight excluding hydrogens is 299 g/mol. The Bertz CT molecular complexity index is 766. The molecule has 0 amide bonds. The van der Waals surface area contributed by atoms with Crippen molar-refractivity contribution in [1.29, 1.82) is 0 Å². The van der Waals surface area contributed by atoms with E-state index in [2.05, 4.69) is 0 Å². The van der Waals surface area contributed by atoms with Crippen molar-refractivity contribution in [3.63, 3.8) is 0 Å². The normalized spacial score (nSPS) is 11.2. The van der Waals surface area contributed by atoms with Gasteiger partial charge in [-0.05, 0) is 48.4 Å². The molecule has 0 spiro atoms. The number of halogens is 1. The zero-order valence-corrected chi connectivity index (χ0v) is 13.1. The van der Waals surface area contributed by atoms with E-state index in [1.165, 1.54) is 26.4 Å². The molecular formula is C18H17FO4. The summed E-state index contributed by atoms with van der Waals surface area (Å²) < 4.78 is 24.1. The minimum absolute atomic E-state index is 0.0320. The quantitative estimate of drug-likeness (QED) is 0.674. The average Bonchev–Trinajstić information content (AvgIpc) is 2.54. The summed E-state index contributed by atoms with van der Waals surface area (Å²) in [7, 11) is 3.01. The van der Waals surface area contributed by atoms with Gasteiger partial charge in [0.05, 0.1) is 19.8 Å². The van der Waals surface area contributed by atoms with Crippen LogP contribution in [0.2, 0.25) is 0 Å². The van der Waals surface area contributed by atoms with Crippen LogP contribution in [-0.2, 0) is 4.79 Å². The molecule has 0 aliphatic heterocycles. The van der Waals surface area contributed by atoms with E-state index in [9.17, 15) is 14.3 Å². The van der Waals surface area contributed by atoms with Crippen molar-refractivity contribution in [2.45, 2.75) is 6.92 Å². The maximum atomic E-state index is 13.7. The molecule has 0 saturated heterocycles. The molecule has 4 nitrogen and oxygen atoms in total. The van der Waals surface area contributed by atoms with E-state index in [1.54, 1.807) is 37.3 Å². The van der Waals surface area contributed by atoms with Crippen LogP contribution < -0.4 is 9.47 Å². The molecule has 0 aliphatic rings. The Morgan fingerprint density at radius 3 is 2.43 bits per heavy atom. The van der Waals surface area contributed by atoms with Crippen LogP contribution in [0.15, 0.2) is 36.4 Å². The SMILES string of the molecule is COc1ccc(OC)c(/C=C(\C(=O)O)c2ccc(C)c(F)c2)c1. The molecule has 0 bridgehead atoms. The van der Waals surface area contributed by atoms with Gasteiger partial charge < -0.3 is 14.6 Å². The molecule has 2 aromatic carbocycles. The van der Waals surface area contributed by atoms with Crippen LogP contribution in [-0.4, -0.2) is 25.3 Å². The molecule has 0 atom stereocenters. The zero-order valence-electron chi connectivity index (χ0n) is 13.1. The average molecular weight is 316 g/mol. The van der Waals surface area contributed by atoms with E-state index in [0.717, 1.165) is 0 Å². The molecule has 2 aromatic rings. The summed E-state index contributed by atoms with van der Waals surface area (Å²) >= 11 is 0. The van der Waals surface area contributed by atoms with Crippen LogP contribution in [0.5, 0.6) is 11.5 Å². The molecule has 23 heavy (non-hydrogen) atoms. The number of ether oxygens (including phenoxy) is 2. The van der Waals surface area contributed by atoms with Crippen molar-refractivity contribution in [2.75, 3.05) is 14.2 Å². The van der Waals surface area contributed by atoms with E-state index < -0.39 is 11.8 Å². The Kier molecular flexibility index (Phi) is 5.01. The van der Waals surface area contributed by atoms with Crippen molar-refractivity contribution >= 4 is 17.6 Å².